The van der Waals surface area contributed by atoms with E-state index in [0.29, 0.717) is 11.5 Å². The van der Waals surface area contributed by atoms with Gasteiger partial charge in [0, 0.05) is 33.1 Å². The van der Waals surface area contributed by atoms with Gasteiger partial charge in [0.15, 0.2) is 37.2 Å². The Morgan fingerprint density at radius 1 is 0.505 bits per heavy atom. The van der Waals surface area contributed by atoms with Crippen molar-refractivity contribution in [2.45, 2.75) is 276 Å². The molecule has 6 saturated heterocycles. The molecule has 0 saturated carbocycles. The Hall–Kier alpha value is -4.82. The van der Waals surface area contributed by atoms with Gasteiger partial charge >= 0.3 is 5.97 Å². The van der Waals surface area contributed by atoms with Crippen LogP contribution in [-0.4, -0.2) is 353 Å². The van der Waals surface area contributed by atoms with E-state index in [1.165, 1.54) is 27.9 Å². The Kier molecular flexibility index (Phi) is 39.2. The van der Waals surface area contributed by atoms with Crippen LogP contribution in [0.1, 0.15) is 86.0 Å². The lowest BCUT2D eigenvalue weighted by molar-refractivity contribution is -0.461. The summed E-state index contributed by atoms with van der Waals surface area (Å²) in [5.74, 6) is -6.33. The van der Waals surface area contributed by atoms with Gasteiger partial charge in [0.1, 0.15) is 116 Å². The number of amides is 7. The SMILES string of the molecule is CCC(=O)NNC(O)CC(=O)NNC(=O)C1OC(OO[C@H]2C[C@H](NC(C)=O)[C@H](O[C@H]3C(C(=O)NNC(=O)CC(O)NNC(O)CCSCCCS)OC(C)C(O)C3O)O[C@H]2CO)[C@H](O)[C@@H](O)[C@H]1O[C@@H]1OC(CO)C(OOC2OC(C(=O)O)[C@H](O[C@@H]3O[C@@H](CO)[C@@H](OOC)CC3NC(C)=O)C(O)C2O)C[C@@H]1NC(C)O. The lowest BCUT2D eigenvalue weighted by Crippen LogP contribution is -2.67. The van der Waals surface area contributed by atoms with Gasteiger partial charge in [-0.1, -0.05) is 6.92 Å². The van der Waals surface area contributed by atoms with Gasteiger partial charge in [-0.3, -0.25) is 66.0 Å². The van der Waals surface area contributed by atoms with Gasteiger partial charge in [-0.25, -0.2) is 50.4 Å². The molecule has 6 aliphatic rings. The maximum absolute atomic E-state index is 14.3. The minimum absolute atomic E-state index is 0.0215. The molecule has 17 unspecified atom stereocenters. The maximum atomic E-state index is 14.3. The number of nitrogens with one attached hydrogen (secondary N) is 11. The highest BCUT2D eigenvalue weighted by Crippen LogP contribution is 2.36. The molecule has 0 bridgehead atoms. The van der Waals surface area contributed by atoms with Gasteiger partial charge in [-0.05, 0) is 50.4 Å². The number of hydrogen-bond donors (Lipinski definition) is 26. The summed E-state index contributed by atoms with van der Waals surface area (Å²) in [5, 5.41) is 160. The molecular formula is C59H103N11O37S2. The van der Waals surface area contributed by atoms with Crippen molar-refractivity contribution in [2.75, 3.05) is 44.2 Å². The van der Waals surface area contributed by atoms with Crippen molar-refractivity contribution in [2.24, 2.45) is 0 Å². The Morgan fingerprint density at radius 2 is 0.927 bits per heavy atom. The molecule has 0 aromatic heterocycles. The van der Waals surface area contributed by atoms with Crippen molar-refractivity contribution in [3.8, 4) is 0 Å². The molecule has 0 aliphatic carbocycles. The Balaban J connectivity index is 1.16. The highest BCUT2D eigenvalue weighted by atomic mass is 32.2. The fourth-order valence-corrected chi connectivity index (χ4v) is 13.0. The highest BCUT2D eigenvalue weighted by Gasteiger charge is 2.57. The van der Waals surface area contributed by atoms with E-state index in [9.17, 15) is 110 Å². The number of hydrogen-bond acceptors (Lipinski definition) is 42. The van der Waals surface area contributed by atoms with Crippen molar-refractivity contribution < 1.29 is 182 Å². The molecule has 7 amide bonds. The van der Waals surface area contributed by atoms with E-state index >= 15 is 0 Å². The van der Waals surface area contributed by atoms with Gasteiger partial charge in [0.25, 0.3) is 11.8 Å². The van der Waals surface area contributed by atoms with Gasteiger partial charge in [-0.15, -0.1) is 0 Å². The number of carbonyl (C=O) groups excluding carboxylic acids is 7. The third-order valence-electron chi connectivity index (χ3n) is 17.2. The van der Waals surface area contributed by atoms with Crippen LogP contribution in [0, 0.1) is 0 Å². The number of thiol groups is 1. The number of hydrazine groups is 4. The van der Waals surface area contributed by atoms with Crippen LogP contribution in [0.15, 0.2) is 0 Å². The predicted octanol–water partition coefficient (Wildman–Crippen LogP) is -12.6. The number of thioether (sulfide) groups is 1. The summed E-state index contributed by atoms with van der Waals surface area (Å²) in [5.41, 5.74) is 17.2. The number of aliphatic hydroxyl groups is 13. The molecule has 25 N–H and O–H groups in total. The number of carboxylic acid groups (broad SMARTS) is 1. The van der Waals surface area contributed by atoms with Crippen molar-refractivity contribution >= 4 is 71.7 Å². The minimum atomic E-state index is -2.38. The van der Waals surface area contributed by atoms with E-state index in [4.69, 9.17) is 72.0 Å². The number of ether oxygens (including phenoxy) is 9. The molecule has 31 atom stereocenters. The number of aliphatic hydroxyl groups excluding tert-OH is 13. The first-order valence-electron chi connectivity index (χ1n) is 34.6. The van der Waals surface area contributed by atoms with Crippen LogP contribution in [-0.2, 0) is 110 Å². The molecule has 0 aromatic carbocycles. The van der Waals surface area contributed by atoms with Gasteiger partial charge < -0.3 is 125 Å². The summed E-state index contributed by atoms with van der Waals surface area (Å²) in [6, 6.07) is -3.97. The van der Waals surface area contributed by atoms with Crippen LogP contribution in [0.5, 0.6) is 0 Å². The quantitative estimate of drug-likeness (QED) is 0.00890. The molecule has 109 heavy (non-hydrogen) atoms. The van der Waals surface area contributed by atoms with E-state index in [2.05, 4.69) is 61.1 Å². The summed E-state index contributed by atoms with van der Waals surface area (Å²) in [4.78, 5) is 135. The molecule has 6 rings (SSSR count). The van der Waals surface area contributed by atoms with E-state index in [0.717, 1.165) is 26.0 Å². The van der Waals surface area contributed by atoms with Crippen LogP contribution in [0.4, 0.5) is 0 Å². The molecule has 0 aromatic rings. The lowest BCUT2D eigenvalue weighted by Gasteiger charge is -2.47. The Labute approximate surface area is 631 Å². The molecule has 6 fully saturated rings. The summed E-state index contributed by atoms with van der Waals surface area (Å²) >= 11 is 5.73. The Bertz CT molecular complexity index is 2860. The van der Waals surface area contributed by atoms with Gasteiger partial charge in [0.05, 0.1) is 64.0 Å². The monoisotopic (exact) mass is 1620 g/mol. The first-order chi connectivity index (χ1) is 51.8. The second-order valence-electron chi connectivity index (χ2n) is 25.7. The van der Waals surface area contributed by atoms with E-state index in [-0.39, 0.29) is 19.3 Å². The van der Waals surface area contributed by atoms with Crippen molar-refractivity contribution in [3.05, 3.63) is 0 Å². The predicted molar refractivity (Wildman–Crippen MR) is 357 cm³/mol. The first kappa shape index (κ1) is 93.0. The second-order valence-corrected chi connectivity index (χ2v) is 27.4. The third kappa shape index (κ3) is 27.7. The average molecular weight is 1620 g/mol. The summed E-state index contributed by atoms with van der Waals surface area (Å²) in [7, 11) is 1.17. The van der Waals surface area contributed by atoms with E-state index < -0.39 is 283 Å². The molecule has 628 valence electrons. The van der Waals surface area contributed by atoms with Gasteiger partial charge in [-0.2, -0.15) is 24.4 Å². The summed E-state index contributed by atoms with van der Waals surface area (Å²) in [6.45, 7) is 3.51. The smallest absolute Gasteiger partial charge is 0.335 e. The normalized spacial score (nSPS) is 36.0. The van der Waals surface area contributed by atoms with Crippen LogP contribution in [0.2, 0.25) is 0 Å². The van der Waals surface area contributed by atoms with Crippen LogP contribution in [0.3, 0.4) is 0 Å². The zero-order chi connectivity index (χ0) is 80.5. The van der Waals surface area contributed by atoms with Crippen LogP contribution >= 0.6 is 24.4 Å². The molecule has 6 aliphatic heterocycles. The fraction of sp³-hybridized carbons (Fsp3) is 0.864. The summed E-state index contributed by atoms with van der Waals surface area (Å²) < 4.78 is 52.9. The number of aliphatic carboxylic acids is 1. The molecular weight excluding hydrogens is 1520 g/mol. The average Bonchev–Trinajstić information content (AvgIpc) is 0.788. The van der Waals surface area contributed by atoms with Crippen molar-refractivity contribution in [1.29, 1.82) is 0 Å². The molecule has 0 radical (unpaired) electrons. The van der Waals surface area contributed by atoms with E-state index in [1.54, 1.807) is 11.8 Å². The molecule has 6 heterocycles. The largest absolute Gasteiger partial charge is 0.479 e. The van der Waals surface area contributed by atoms with Crippen molar-refractivity contribution in [1.82, 2.24) is 59.4 Å². The maximum Gasteiger partial charge on any atom is 0.335 e. The second kappa shape index (κ2) is 45.9. The van der Waals surface area contributed by atoms with Crippen LogP contribution in [0.25, 0.3) is 0 Å². The topological polar surface area (TPSA) is 691 Å². The molecule has 0 spiro atoms. The number of carboxylic acids is 1. The number of carbonyl (C=O) groups is 8. The molecule has 50 heteroatoms. The summed E-state index contributed by atoms with van der Waals surface area (Å²) in [6.07, 6.45) is -52.4. The zero-order valence-corrected chi connectivity index (χ0v) is 61.5. The first-order valence-corrected chi connectivity index (χ1v) is 36.4. The third-order valence-corrected chi connectivity index (χ3v) is 18.6. The number of rotatable bonds is 40. The minimum Gasteiger partial charge on any atom is -0.479 e. The highest BCUT2D eigenvalue weighted by molar-refractivity contribution is 7.99. The van der Waals surface area contributed by atoms with Crippen LogP contribution < -0.4 is 59.4 Å². The van der Waals surface area contributed by atoms with Gasteiger partial charge in [0.2, 0.25) is 42.1 Å². The zero-order valence-electron chi connectivity index (χ0n) is 59.8. The molecule has 48 nitrogen and oxygen atoms in total. The lowest BCUT2D eigenvalue weighted by atomic mass is 9.94. The van der Waals surface area contributed by atoms with Crippen molar-refractivity contribution in [3.63, 3.8) is 0 Å². The fourth-order valence-electron chi connectivity index (χ4n) is 11.7. The van der Waals surface area contributed by atoms with E-state index in [1.807, 2.05) is 10.9 Å². The Morgan fingerprint density at radius 3 is 1.37 bits per heavy atom. The standard InChI is InChI=1S/C59H103N11O37S2/c1-7-34(77)63-65-36(79)16-38(81)68-70-53(90)50-47(99-56-27(62-24(5)76)15-30(33(20-73)97-56)105-107-59-45(88)43(86)48(51(102-59)54(91)92)100-57-25(60-22(3)74)13-28(103-93-6)31(18-71)95-57)42(85)44(87)58(101-50)106-104-29-14-26(61-23(4)75)55(96-32(29)19-72)98-46-41(84)40(83)21(2)94-49(46)52(89)69-67-39(82)17-37(80)66-64-35(78)9-12-109-11-8-10-108/h21,24-33,35-37,40-51,55-59,62,64-66,71-73,76,78-80,83-88,108H,7-20H2,1-6H3,(H,60,74)(H,61,75)(H,63,77)(H,67,82)(H,68,81)(H,69,89)(H,70,90)(H,91,92)/t21?,24?,25?,26-,27-,28-,29-,30?,31-,32-,33?,35?,36?,37?,40?,41?,42+,43?,44+,45?,46+,47+,48+,49?,50?,51?,55-,56-,57-,58?,59?/m0/s1.